The average Bonchev–Trinajstić information content (AvgIpc) is 2.92. The lowest BCUT2D eigenvalue weighted by molar-refractivity contribution is 0.171. The molecule has 1 aromatic carbocycles. The SMILES string of the molecule is Cn1cccc1C1CCCCCN1S(=O)(=O)c1ccc2c(c1)OCCO2. The van der Waals surface area contributed by atoms with Gasteiger partial charge in [-0.2, -0.15) is 4.31 Å². The Morgan fingerprint density at radius 2 is 1.85 bits per heavy atom. The Balaban J connectivity index is 1.73. The molecule has 1 unspecified atom stereocenters. The van der Waals surface area contributed by atoms with Gasteiger partial charge in [0.15, 0.2) is 11.5 Å². The van der Waals surface area contributed by atoms with Crippen LogP contribution in [-0.2, 0) is 17.1 Å². The van der Waals surface area contributed by atoms with Crippen molar-refractivity contribution >= 4 is 10.0 Å². The maximum atomic E-state index is 13.5. The second-order valence-electron chi connectivity index (χ2n) is 6.83. The minimum Gasteiger partial charge on any atom is -0.486 e. The van der Waals surface area contributed by atoms with Gasteiger partial charge in [0, 0.05) is 31.5 Å². The van der Waals surface area contributed by atoms with E-state index in [9.17, 15) is 8.42 Å². The summed E-state index contributed by atoms with van der Waals surface area (Å²) in [6.45, 7) is 1.46. The molecule has 1 saturated heterocycles. The minimum atomic E-state index is -3.63. The van der Waals surface area contributed by atoms with Crippen molar-refractivity contribution in [2.75, 3.05) is 19.8 Å². The highest BCUT2D eigenvalue weighted by atomic mass is 32.2. The molecule has 2 aliphatic heterocycles. The molecule has 140 valence electrons. The summed E-state index contributed by atoms with van der Waals surface area (Å²) in [6.07, 6.45) is 5.76. The zero-order chi connectivity index (χ0) is 18.1. The van der Waals surface area contributed by atoms with Gasteiger partial charge in [0.05, 0.1) is 10.9 Å². The van der Waals surface area contributed by atoms with E-state index in [2.05, 4.69) is 0 Å². The summed E-state index contributed by atoms with van der Waals surface area (Å²) in [7, 11) is -1.66. The predicted molar refractivity (Wildman–Crippen MR) is 97.9 cm³/mol. The van der Waals surface area contributed by atoms with E-state index < -0.39 is 10.0 Å². The van der Waals surface area contributed by atoms with Crippen molar-refractivity contribution in [2.24, 2.45) is 7.05 Å². The van der Waals surface area contributed by atoms with Crippen LogP contribution >= 0.6 is 0 Å². The Hall–Kier alpha value is -1.99. The fourth-order valence-corrected chi connectivity index (χ4v) is 5.49. The summed E-state index contributed by atoms with van der Waals surface area (Å²) in [6, 6.07) is 8.75. The molecule has 0 radical (unpaired) electrons. The van der Waals surface area contributed by atoms with Crippen LogP contribution in [0, 0.1) is 0 Å². The van der Waals surface area contributed by atoms with Crippen LogP contribution in [0.3, 0.4) is 0 Å². The fraction of sp³-hybridized carbons (Fsp3) is 0.474. The Kier molecular flexibility index (Phi) is 4.67. The highest BCUT2D eigenvalue weighted by Crippen LogP contribution is 2.37. The van der Waals surface area contributed by atoms with Crippen LogP contribution < -0.4 is 9.47 Å². The summed E-state index contributed by atoms with van der Waals surface area (Å²) in [4.78, 5) is 0.267. The third-order valence-corrected chi connectivity index (χ3v) is 7.05. The lowest BCUT2D eigenvalue weighted by Gasteiger charge is -2.30. The number of benzene rings is 1. The Labute approximate surface area is 154 Å². The van der Waals surface area contributed by atoms with Crippen LogP contribution in [0.2, 0.25) is 0 Å². The number of rotatable bonds is 3. The quantitative estimate of drug-likeness (QED) is 0.826. The molecular formula is C19H24N2O4S. The Bertz CT molecular complexity index is 891. The lowest BCUT2D eigenvalue weighted by Crippen LogP contribution is -2.35. The monoisotopic (exact) mass is 376 g/mol. The van der Waals surface area contributed by atoms with E-state index in [4.69, 9.17) is 9.47 Å². The number of sulfonamides is 1. The molecule has 4 rings (SSSR count). The van der Waals surface area contributed by atoms with E-state index in [-0.39, 0.29) is 10.9 Å². The first-order chi connectivity index (χ1) is 12.6. The summed E-state index contributed by atoms with van der Waals surface area (Å²) < 4.78 is 41.7. The molecule has 0 amide bonds. The standard InChI is InChI=1S/C19H24N2O4S/c1-20-10-5-7-16(20)17-6-3-2-4-11-21(17)26(22,23)15-8-9-18-19(14-15)25-13-12-24-18/h5,7-10,14,17H,2-4,6,11-13H2,1H3. The van der Waals surface area contributed by atoms with E-state index >= 15 is 0 Å². The maximum Gasteiger partial charge on any atom is 0.243 e. The Morgan fingerprint density at radius 3 is 2.62 bits per heavy atom. The molecule has 0 aliphatic carbocycles. The number of fused-ring (bicyclic) bond motifs is 1. The van der Waals surface area contributed by atoms with Crippen LogP contribution in [0.4, 0.5) is 0 Å². The first kappa shape index (κ1) is 17.4. The second-order valence-corrected chi connectivity index (χ2v) is 8.72. The third kappa shape index (κ3) is 3.10. The van der Waals surface area contributed by atoms with E-state index in [0.29, 0.717) is 31.3 Å². The molecule has 2 aromatic rings. The highest BCUT2D eigenvalue weighted by molar-refractivity contribution is 7.89. The largest absolute Gasteiger partial charge is 0.486 e. The van der Waals surface area contributed by atoms with Crippen molar-refractivity contribution in [3.63, 3.8) is 0 Å². The van der Waals surface area contributed by atoms with Crippen molar-refractivity contribution in [1.29, 1.82) is 0 Å². The second kappa shape index (κ2) is 6.96. The number of hydrogen-bond acceptors (Lipinski definition) is 4. The predicted octanol–water partition coefficient (Wildman–Crippen LogP) is 3.10. The number of ether oxygens (including phenoxy) is 2. The first-order valence-corrected chi connectivity index (χ1v) is 10.5. The lowest BCUT2D eigenvalue weighted by atomic mass is 10.1. The van der Waals surface area contributed by atoms with Crippen LogP contribution in [-0.4, -0.2) is 37.0 Å². The molecule has 3 heterocycles. The van der Waals surface area contributed by atoms with E-state index in [1.807, 2.05) is 29.9 Å². The number of aryl methyl sites for hydroxylation is 1. The molecule has 1 atom stereocenters. The van der Waals surface area contributed by atoms with Gasteiger partial charge < -0.3 is 14.0 Å². The Morgan fingerprint density at radius 1 is 1.04 bits per heavy atom. The van der Waals surface area contributed by atoms with Crippen LogP contribution in [0.5, 0.6) is 11.5 Å². The topological polar surface area (TPSA) is 60.8 Å². The molecule has 0 N–H and O–H groups in total. The van der Waals surface area contributed by atoms with Crippen molar-refractivity contribution in [3.05, 3.63) is 42.2 Å². The van der Waals surface area contributed by atoms with Gasteiger partial charge >= 0.3 is 0 Å². The summed E-state index contributed by atoms with van der Waals surface area (Å²) in [5.74, 6) is 1.10. The van der Waals surface area contributed by atoms with Crippen molar-refractivity contribution in [3.8, 4) is 11.5 Å². The third-order valence-electron chi connectivity index (χ3n) is 5.15. The highest BCUT2D eigenvalue weighted by Gasteiger charge is 2.35. The number of hydrogen-bond donors (Lipinski definition) is 0. The summed E-state index contributed by atoms with van der Waals surface area (Å²) >= 11 is 0. The van der Waals surface area contributed by atoms with Crippen molar-refractivity contribution < 1.29 is 17.9 Å². The average molecular weight is 376 g/mol. The zero-order valence-electron chi connectivity index (χ0n) is 14.9. The van der Waals surface area contributed by atoms with Gasteiger partial charge in [-0.05, 0) is 37.1 Å². The van der Waals surface area contributed by atoms with Gasteiger partial charge in [-0.15, -0.1) is 0 Å². The van der Waals surface area contributed by atoms with E-state index in [1.165, 1.54) is 0 Å². The molecule has 6 nitrogen and oxygen atoms in total. The molecule has 1 aromatic heterocycles. The normalized spacial score (nSPS) is 21.3. The molecule has 0 spiro atoms. The van der Waals surface area contributed by atoms with Crippen LogP contribution in [0.1, 0.15) is 37.4 Å². The van der Waals surface area contributed by atoms with E-state index in [0.717, 1.165) is 31.4 Å². The van der Waals surface area contributed by atoms with Gasteiger partial charge in [-0.25, -0.2) is 8.42 Å². The fourth-order valence-electron chi connectivity index (χ4n) is 3.81. The van der Waals surface area contributed by atoms with Gasteiger partial charge in [-0.3, -0.25) is 0 Å². The van der Waals surface area contributed by atoms with Crippen molar-refractivity contribution in [2.45, 2.75) is 36.6 Å². The maximum absolute atomic E-state index is 13.5. The number of aromatic nitrogens is 1. The zero-order valence-corrected chi connectivity index (χ0v) is 15.7. The molecule has 0 bridgehead atoms. The van der Waals surface area contributed by atoms with Crippen LogP contribution in [0.25, 0.3) is 0 Å². The van der Waals surface area contributed by atoms with Crippen molar-refractivity contribution in [1.82, 2.24) is 8.87 Å². The molecule has 1 fully saturated rings. The number of nitrogens with zero attached hydrogens (tertiary/aromatic N) is 2. The van der Waals surface area contributed by atoms with Gasteiger partial charge in [0.2, 0.25) is 10.0 Å². The molecule has 7 heteroatoms. The summed E-state index contributed by atoms with van der Waals surface area (Å²) in [5, 5.41) is 0. The van der Waals surface area contributed by atoms with Gasteiger partial charge in [0.1, 0.15) is 13.2 Å². The molecule has 2 aliphatic rings. The van der Waals surface area contributed by atoms with Crippen LogP contribution in [0.15, 0.2) is 41.4 Å². The van der Waals surface area contributed by atoms with Gasteiger partial charge in [-0.1, -0.05) is 12.8 Å². The van der Waals surface area contributed by atoms with E-state index in [1.54, 1.807) is 22.5 Å². The first-order valence-electron chi connectivity index (χ1n) is 9.10. The molecule has 26 heavy (non-hydrogen) atoms. The summed E-state index contributed by atoms with van der Waals surface area (Å²) in [5.41, 5.74) is 1.04. The molecule has 0 saturated carbocycles. The minimum absolute atomic E-state index is 0.143. The molecular weight excluding hydrogens is 352 g/mol. The smallest absolute Gasteiger partial charge is 0.243 e. The van der Waals surface area contributed by atoms with Gasteiger partial charge in [0.25, 0.3) is 0 Å².